The smallest absolute Gasteiger partial charge is 0.335 e. The molecule has 13 heteroatoms. The van der Waals surface area contributed by atoms with Gasteiger partial charge in [0.2, 0.25) is 0 Å². The summed E-state index contributed by atoms with van der Waals surface area (Å²) in [4.78, 5) is 61.6. The van der Waals surface area contributed by atoms with Crippen LogP contribution in [0.1, 0.15) is 11.1 Å². The lowest BCUT2D eigenvalue weighted by molar-refractivity contribution is -0.384. The van der Waals surface area contributed by atoms with Crippen molar-refractivity contribution < 1.29 is 33.6 Å². The maximum atomic E-state index is 13.2. The Morgan fingerprint density at radius 3 is 2.58 bits per heavy atom. The number of nitrogens with one attached hydrogen (secondary N) is 2. The number of non-ortho nitro benzene ring substituents is 1. The number of carbonyl (C=O) groups excluding carboxylic acids is 4. The molecule has 204 valence electrons. The Hall–Kier alpha value is -5.23. The summed E-state index contributed by atoms with van der Waals surface area (Å²) >= 11 is 6.39. The monoisotopic (exact) mass is 564 g/mol. The number of nitro benzene ring substituents is 1. The predicted octanol–water partition coefficient (Wildman–Crippen LogP) is 4.25. The average Bonchev–Trinajstić information content (AvgIpc) is 2.91. The van der Waals surface area contributed by atoms with Gasteiger partial charge in [0.15, 0.2) is 18.1 Å². The average molecular weight is 565 g/mol. The number of para-hydroxylation sites is 1. The summed E-state index contributed by atoms with van der Waals surface area (Å²) in [5.74, 6) is -2.25. The maximum Gasteiger partial charge on any atom is 0.335 e. The molecular weight excluding hydrogens is 544 g/mol. The second-order valence-corrected chi connectivity index (χ2v) is 8.83. The maximum absolute atomic E-state index is 13.2. The van der Waals surface area contributed by atoms with Gasteiger partial charge in [0.1, 0.15) is 5.57 Å². The van der Waals surface area contributed by atoms with Crippen LogP contribution in [0.25, 0.3) is 6.08 Å². The molecule has 0 radical (unpaired) electrons. The highest BCUT2D eigenvalue weighted by Gasteiger charge is 2.37. The van der Waals surface area contributed by atoms with E-state index in [1.165, 1.54) is 43.5 Å². The number of aryl methyl sites for hydroxylation is 1. The van der Waals surface area contributed by atoms with Gasteiger partial charge in [0.25, 0.3) is 23.4 Å². The second kappa shape index (κ2) is 11.7. The van der Waals surface area contributed by atoms with Crippen molar-refractivity contribution in [2.24, 2.45) is 0 Å². The zero-order chi connectivity index (χ0) is 29.0. The molecule has 0 spiro atoms. The van der Waals surface area contributed by atoms with E-state index in [0.717, 1.165) is 11.6 Å². The summed E-state index contributed by atoms with van der Waals surface area (Å²) in [5.41, 5.74) is 0.861. The van der Waals surface area contributed by atoms with E-state index in [9.17, 15) is 29.3 Å². The van der Waals surface area contributed by atoms with Crippen LogP contribution in [0.4, 0.5) is 21.9 Å². The number of benzene rings is 3. The molecule has 0 unspecified atom stereocenters. The van der Waals surface area contributed by atoms with Crippen molar-refractivity contribution in [3.63, 3.8) is 0 Å². The number of ether oxygens (including phenoxy) is 2. The van der Waals surface area contributed by atoms with Gasteiger partial charge in [-0.25, -0.2) is 9.69 Å². The van der Waals surface area contributed by atoms with Crippen molar-refractivity contribution in [3.05, 3.63) is 92.5 Å². The first-order chi connectivity index (χ1) is 19.1. The molecule has 0 aromatic heterocycles. The van der Waals surface area contributed by atoms with Crippen LogP contribution in [0, 0.1) is 17.0 Å². The van der Waals surface area contributed by atoms with Gasteiger partial charge in [0, 0.05) is 17.8 Å². The van der Waals surface area contributed by atoms with E-state index in [1.54, 1.807) is 12.1 Å². The topological polar surface area (TPSA) is 157 Å². The third kappa shape index (κ3) is 5.92. The van der Waals surface area contributed by atoms with Crippen LogP contribution in [0.15, 0.2) is 66.2 Å². The molecule has 1 heterocycles. The number of halogens is 1. The van der Waals surface area contributed by atoms with Crippen molar-refractivity contribution in [2.45, 2.75) is 6.92 Å². The number of methoxy groups -OCH3 is 1. The summed E-state index contributed by atoms with van der Waals surface area (Å²) < 4.78 is 10.9. The molecule has 12 nitrogen and oxygen atoms in total. The number of barbiturate groups is 1. The number of nitrogens with zero attached hydrogens (tertiary/aromatic N) is 2. The van der Waals surface area contributed by atoms with Gasteiger partial charge in [-0.3, -0.25) is 29.8 Å². The molecule has 0 aliphatic carbocycles. The van der Waals surface area contributed by atoms with Crippen molar-refractivity contribution >= 4 is 58.5 Å². The second-order valence-electron chi connectivity index (χ2n) is 8.42. The molecule has 0 bridgehead atoms. The van der Waals surface area contributed by atoms with E-state index < -0.39 is 34.2 Å². The Morgan fingerprint density at radius 1 is 1.12 bits per heavy atom. The van der Waals surface area contributed by atoms with Gasteiger partial charge in [-0.15, -0.1) is 0 Å². The van der Waals surface area contributed by atoms with Gasteiger partial charge in [-0.1, -0.05) is 35.9 Å². The minimum Gasteiger partial charge on any atom is -0.493 e. The van der Waals surface area contributed by atoms with Crippen molar-refractivity contribution in [3.8, 4) is 11.5 Å². The van der Waals surface area contributed by atoms with Crippen LogP contribution in [0.5, 0.6) is 11.5 Å². The number of hydrogen-bond acceptors (Lipinski definition) is 8. The zero-order valence-corrected chi connectivity index (χ0v) is 21.9. The van der Waals surface area contributed by atoms with Gasteiger partial charge in [-0.05, 0) is 48.4 Å². The Kier molecular flexibility index (Phi) is 8.10. The van der Waals surface area contributed by atoms with Crippen molar-refractivity contribution in [1.29, 1.82) is 0 Å². The fourth-order valence-electron chi connectivity index (χ4n) is 3.80. The molecule has 1 saturated heterocycles. The molecule has 3 aromatic rings. The number of carbonyl (C=O) groups is 4. The standard InChI is InChI=1S/C27H21ClN4O8/c1-15-6-3-4-9-21(15)29-23(33)14-40-24-20(28)11-16(12-22(24)39-2)10-19-25(34)30-27(36)31(26(19)35)17-7-5-8-18(13-17)32(37)38/h3-13H,14H2,1-2H3,(H,29,33)(H,30,34,36)/b19-10-. The van der Waals surface area contributed by atoms with E-state index in [2.05, 4.69) is 5.32 Å². The molecule has 40 heavy (non-hydrogen) atoms. The van der Waals surface area contributed by atoms with Crippen molar-refractivity contribution in [2.75, 3.05) is 23.9 Å². The summed E-state index contributed by atoms with van der Waals surface area (Å²) in [6.45, 7) is 1.46. The molecule has 4 rings (SSSR count). The molecule has 1 fully saturated rings. The largest absolute Gasteiger partial charge is 0.493 e. The van der Waals surface area contributed by atoms with E-state index >= 15 is 0 Å². The highest BCUT2D eigenvalue weighted by molar-refractivity contribution is 6.39. The number of imide groups is 2. The van der Waals surface area contributed by atoms with Crippen LogP contribution in [0.2, 0.25) is 5.02 Å². The van der Waals surface area contributed by atoms with Crippen molar-refractivity contribution in [1.82, 2.24) is 5.32 Å². The SMILES string of the molecule is COc1cc(/C=C2/C(=O)NC(=O)N(c3cccc([N+](=O)[O-])c3)C2=O)cc(Cl)c1OCC(=O)Nc1ccccc1C. The van der Waals surface area contributed by atoms with Crippen LogP contribution < -0.4 is 25.0 Å². The number of urea groups is 1. The van der Waals surface area contributed by atoms with Crippen LogP contribution in [-0.2, 0) is 14.4 Å². The normalized spacial score (nSPS) is 14.1. The van der Waals surface area contributed by atoms with E-state index in [0.29, 0.717) is 10.6 Å². The summed E-state index contributed by atoms with van der Waals surface area (Å²) in [6, 6.07) is 13.8. The lowest BCUT2D eigenvalue weighted by atomic mass is 10.1. The molecule has 0 atom stereocenters. The molecule has 2 N–H and O–H groups in total. The van der Waals surface area contributed by atoms with Gasteiger partial charge >= 0.3 is 6.03 Å². The summed E-state index contributed by atoms with van der Waals surface area (Å²) in [5, 5.41) is 15.9. The molecule has 1 aliphatic rings. The van der Waals surface area contributed by atoms with Crippen LogP contribution >= 0.6 is 11.6 Å². The Balaban J connectivity index is 1.58. The first kappa shape index (κ1) is 27.8. The van der Waals surface area contributed by atoms with Gasteiger partial charge in [0.05, 0.1) is 22.7 Å². The molecular formula is C27H21ClN4O8. The Bertz CT molecular complexity index is 1590. The summed E-state index contributed by atoms with van der Waals surface area (Å²) in [7, 11) is 1.34. The van der Waals surface area contributed by atoms with Crippen LogP contribution in [-0.4, -0.2) is 42.4 Å². The molecule has 5 amide bonds. The van der Waals surface area contributed by atoms with Crippen LogP contribution in [0.3, 0.4) is 0 Å². The first-order valence-electron chi connectivity index (χ1n) is 11.6. The molecule has 1 aliphatic heterocycles. The lowest BCUT2D eigenvalue weighted by Crippen LogP contribution is -2.54. The highest BCUT2D eigenvalue weighted by atomic mass is 35.5. The third-order valence-corrected chi connectivity index (χ3v) is 6.01. The highest BCUT2D eigenvalue weighted by Crippen LogP contribution is 2.37. The Morgan fingerprint density at radius 2 is 1.88 bits per heavy atom. The lowest BCUT2D eigenvalue weighted by Gasteiger charge is -2.26. The Labute approximate surface area is 232 Å². The number of amides is 5. The van der Waals surface area contributed by atoms with E-state index in [-0.39, 0.29) is 40.1 Å². The fourth-order valence-corrected chi connectivity index (χ4v) is 4.08. The first-order valence-corrected chi connectivity index (χ1v) is 12.0. The number of anilines is 2. The van der Waals surface area contributed by atoms with E-state index in [4.69, 9.17) is 21.1 Å². The number of rotatable bonds is 8. The predicted molar refractivity (Wildman–Crippen MR) is 145 cm³/mol. The minimum atomic E-state index is -1.06. The molecule has 3 aromatic carbocycles. The van der Waals surface area contributed by atoms with Gasteiger partial charge < -0.3 is 14.8 Å². The summed E-state index contributed by atoms with van der Waals surface area (Å²) in [6.07, 6.45) is 1.18. The number of hydrogen-bond donors (Lipinski definition) is 2. The minimum absolute atomic E-state index is 0.0187. The zero-order valence-electron chi connectivity index (χ0n) is 21.1. The van der Waals surface area contributed by atoms with Gasteiger partial charge in [-0.2, -0.15) is 0 Å². The number of nitro groups is 1. The third-order valence-electron chi connectivity index (χ3n) is 5.73. The quantitative estimate of drug-likeness (QED) is 0.178. The van der Waals surface area contributed by atoms with E-state index in [1.807, 2.05) is 24.4 Å². The molecule has 0 saturated carbocycles. The fraction of sp³-hybridized carbons (Fsp3) is 0.111.